The third-order valence-electron chi connectivity index (χ3n) is 3.95. The molecule has 6 heteroatoms. The minimum Gasteiger partial charge on any atom is -0.356 e. The zero-order valence-electron chi connectivity index (χ0n) is 11.7. The maximum absolute atomic E-state index is 11.4. The number of nitrogens with one attached hydrogen (secondary N) is 1. The molecule has 0 radical (unpaired) electrons. The quantitative estimate of drug-likeness (QED) is 0.865. The fourth-order valence-corrected chi connectivity index (χ4v) is 2.80. The SMILES string of the molecule is O=C1CCN(c2cc(N3CCCCC3)ncn2)CCN1. The molecule has 0 aromatic carbocycles. The number of nitrogens with zero attached hydrogens (tertiary/aromatic N) is 4. The van der Waals surface area contributed by atoms with Gasteiger partial charge in [-0.1, -0.05) is 0 Å². The first-order chi connectivity index (χ1) is 9.83. The zero-order valence-corrected chi connectivity index (χ0v) is 11.7. The van der Waals surface area contributed by atoms with Gasteiger partial charge in [0, 0.05) is 45.2 Å². The Labute approximate surface area is 119 Å². The van der Waals surface area contributed by atoms with Crippen molar-refractivity contribution < 1.29 is 4.79 Å². The number of aromatic nitrogens is 2. The molecule has 0 spiro atoms. The summed E-state index contributed by atoms with van der Waals surface area (Å²) in [5.74, 6) is 2.06. The summed E-state index contributed by atoms with van der Waals surface area (Å²) in [4.78, 5) is 24.7. The molecule has 1 amide bonds. The van der Waals surface area contributed by atoms with Crippen LogP contribution in [0.4, 0.5) is 11.6 Å². The van der Waals surface area contributed by atoms with Crippen LogP contribution in [-0.2, 0) is 4.79 Å². The van der Waals surface area contributed by atoms with E-state index >= 15 is 0 Å². The van der Waals surface area contributed by atoms with Crippen LogP contribution in [0.5, 0.6) is 0 Å². The van der Waals surface area contributed by atoms with Crippen LogP contribution in [-0.4, -0.2) is 48.6 Å². The van der Waals surface area contributed by atoms with Crippen LogP contribution in [0.3, 0.4) is 0 Å². The largest absolute Gasteiger partial charge is 0.356 e. The molecule has 0 saturated carbocycles. The van der Waals surface area contributed by atoms with E-state index in [0.717, 1.165) is 37.8 Å². The molecule has 0 bridgehead atoms. The van der Waals surface area contributed by atoms with Gasteiger partial charge in [0.2, 0.25) is 5.91 Å². The van der Waals surface area contributed by atoms with Gasteiger partial charge in [0.15, 0.2) is 0 Å². The molecule has 1 N–H and O–H groups in total. The molecule has 0 aliphatic carbocycles. The molecule has 3 rings (SSSR count). The van der Waals surface area contributed by atoms with E-state index in [1.807, 2.05) is 0 Å². The Hall–Kier alpha value is -1.85. The lowest BCUT2D eigenvalue weighted by Gasteiger charge is -2.28. The topological polar surface area (TPSA) is 61.4 Å². The molecule has 108 valence electrons. The highest BCUT2D eigenvalue weighted by molar-refractivity contribution is 5.77. The van der Waals surface area contributed by atoms with Gasteiger partial charge in [0.05, 0.1) is 0 Å². The maximum atomic E-state index is 11.4. The molecule has 2 saturated heterocycles. The van der Waals surface area contributed by atoms with Crippen molar-refractivity contribution in [2.45, 2.75) is 25.7 Å². The Morgan fingerprint density at radius 1 is 0.950 bits per heavy atom. The van der Waals surface area contributed by atoms with Gasteiger partial charge in [-0.05, 0) is 19.3 Å². The summed E-state index contributed by atoms with van der Waals surface area (Å²) in [6, 6.07) is 2.06. The van der Waals surface area contributed by atoms with Gasteiger partial charge in [-0.3, -0.25) is 4.79 Å². The Kier molecular flexibility index (Phi) is 3.99. The van der Waals surface area contributed by atoms with E-state index < -0.39 is 0 Å². The van der Waals surface area contributed by atoms with E-state index in [4.69, 9.17) is 0 Å². The summed E-state index contributed by atoms with van der Waals surface area (Å²) in [6.45, 7) is 4.37. The van der Waals surface area contributed by atoms with Crippen LogP contribution in [0, 0.1) is 0 Å². The first-order valence-electron chi connectivity index (χ1n) is 7.41. The van der Waals surface area contributed by atoms with Gasteiger partial charge in [0.1, 0.15) is 18.0 Å². The van der Waals surface area contributed by atoms with E-state index in [2.05, 4.69) is 31.2 Å². The highest BCUT2D eigenvalue weighted by atomic mass is 16.1. The van der Waals surface area contributed by atoms with Crippen molar-refractivity contribution in [1.82, 2.24) is 15.3 Å². The average Bonchev–Trinajstić information content (AvgIpc) is 2.73. The summed E-state index contributed by atoms with van der Waals surface area (Å²) in [5.41, 5.74) is 0. The molecular weight excluding hydrogens is 254 g/mol. The van der Waals surface area contributed by atoms with Gasteiger partial charge < -0.3 is 15.1 Å². The zero-order chi connectivity index (χ0) is 13.8. The first kappa shape index (κ1) is 13.1. The lowest BCUT2D eigenvalue weighted by molar-refractivity contribution is -0.120. The summed E-state index contributed by atoms with van der Waals surface area (Å²) in [6.07, 6.45) is 5.96. The Morgan fingerprint density at radius 3 is 2.40 bits per heavy atom. The Morgan fingerprint density at radius 2 is 1.65 bits per heavy atom. The molecule has 3 heterocycles. The van der Waals surface area contributed by atoms with E-state index in [1.54, 1.807) is 6.33 Å². The summed E-state index contributed by atoms with van der Waals surface area (Å²) >= 11 is 0. The third-order valence-corrected chi connectivity index (χ3v) is 3.95. The smallest absolute Gasteiger partial charge is 0.221 e. The normalized spacial score (nSPS) is 20.5. The predicted molar refractivity (Wildman–Crippen MR) is 77.9 cm³/mol. The van der Waals surface area contributed by atoms with Crippen molar-refractivity contribution in [3.8, 4) is 0 Å². The summed E-state index contributed by atoms with van der Waals surface area (Å²) < 4.78 is 0. The second-order valence-corrected chi connectivity index (χ2v) is 5.37. The molecule has 2 aliphatic rings. The van der Waals surface area contributed by atoms with Crippen LogP contribution in [0.25, 0.3) is 0 Å². The van der Waals surface area contributed by atoms with Crippen molar-refractivity contribution >= 4 is 17.5 Å². The number of carbonyl (C=O) groups excluding carboxylic acids is 1. The van der Waals surface area contributed by atoms with Crippen LogP contribution in [0.15, 0.2) is 12.4 Å². The lowest BCUT2D eigenvalue weighted by atomic mass is 10.1. The average molecular weight is 275 g/mol. The van der Waals surface area contributed by atoms with E-state index in [0.29, 0.717) is 13.0 Å². The molecule has 1 aromatic heterocycles. The number of hydrogen-bond acceptors (Lipinski definition) is 5. The number of rotatable bonds is 2. The summed E-state index contributed by atoms with van der Waals surface area (Å²) in [7, 11) is 0. The number of amides is 1. The predicted octanol–water partition coefficient (Wildman–Crippen LogP) is 0.793. The molecule has 2 aliphatic heterocycles. The van der Waals surface area contributed by atoms with Crippen molar-refractivity contribution in [3.05, 3.63) is 12.4 Å². The van der Waals surface area contributed by atoms with E-state index in [-0.39, 0.29) is 5.91 Å². The van der Waals surface area contributed by atoms with Crippen molar-refractivity contribution in [3.63, 3.8) is 0 Å². The second-order valence-electron chi connectivity index (χ2n) is 5.37. The van der Waals surface area contributed by atoms with Gasteiger partial charge in [-0.2, -0.15) is 0 Å². The minimum atomic E-state index is 0.123. The monoisotopic (exact) mass is 275 g/mol. The molecule has 0 unspecified atom stereocenters. The Balaban J connectivity index is 1.74. The fourth-order valence-electron chi connectivity index (χ4n) is 2.80. The van der Waals surface area contributed by atoms with Crippen LogP contribution >= 0.6 is 0 Å². The molecule has 0 atom stereocenters. The van der Waals surface area contributed by atoms with E-state index in [1.165, 1.54) is 19.3 Å². The third kappa shape index (κ3) is 3.00. The highest BCUT2D eigenvalue weighted by Crippen LogP contribution is 2.21. The van der Waals surface area contributed by atoms with Crippen LogP contribution in [0.1, 0.15) is 25.7 Å². The number of piperidine rings is 1. The maximum Gasteiger partial charge on any atom is 0.221 e. The van der Waals surface area contributed by atoms with Gasteiger partial charge in [-0.15, -0.1) is 0 Å². The molecule has 1 aromatic rings. The van der Waals surface area contributed by atoms with Gasteiger partial charge in [0.25, 0.3) is 0 Å². The van der Waals surface area contributed by atoms with Crippen molar-refractivity contribution in [2.24, 2.45) is 0 Å². The standard InChI is InChI=1S/C14H21N5O/c20-14-4-8-19(9-5-15-14)13-10-12(16-11-17-13)18-6-2-1-3-7-18/h10-11H,1-9H2,(H,15,20). The van der Waals surface area contributed by atoms with Crippen LogP contribution in [0.2, 0.25) is 0 Å². The molecule has 2 fully saturated rings. The minimum absolute atomic E-state index is 0.123. The number of carbonyl (C=O) groups is 1. The van der Waals surface area contributed by atoms with Gasteiger partial charge >= 0.3 is 0 Å². The lowest BCUT2D eigenvalue weighted by Crippen LogP contribution is -2.32. The fraction of sp³-hybridized carbons (Fsp3) is 0.643. The molecular formula is C14H21N5O. The Bertz CT molecular complexity index is 472. The summed E-state index contributed by atoms with van der Waals surface area (Å²) in [5, 5.41) is 2.89. The number of anilines is 2. The van der Waals surface area contributed by atoms with Crippen molar-refractivity contribution in [2.75, 3.05) is 42.5 Å². The number of hydrogen-bond donors (Lipinski definition) is 1. The first-order valence-corrected chi connectivity index (χ1v) is 7.41. The second kappa shape index (κ2) is 6.07. The van der Waals surface area contributed by atoms with Crippen LogP contribution < -0.4 is 15.1 Å². The molecule has 20 heavy (non-hydrogen) atoms. The highest BCUT2D eigenvalue weighted by Gasteiger charge is 2.17. The van der Waals surface area contributed by atoms with E-state index in [9.17, 15) is 4.79 Å². The molecule has 6 nitrogen and oxygen atoms in total. The van der Waals surface area contributed by atoms with Crippen molar-refractivity contribution in [1.29, 1.82) is 0 Å². The van der Waals surface area contributed by atoms with Gasteiger partial charge in [-0.25, -0.2) is 9.97 Å².